The van der Waals surface area contributed by atoms with Crippen molar-refractivity contribution in [2.75, 3.05) is 0 Å². The van der Waals surface area contributed by atoms with E-state index < -0.39 is 0 Å². The molecule has 0 aromatic carbocycles. The Balaban J connectivity index is 2.29. The summed E-state index contributed by atoms with van der Waals surface area (Å²) in [5.41, 5.74) is 0. The highest BCUT2D eigenvalue weighted by Crippen LogP contribution is 2.27. The van der Waals surface area contributed by atoms with Gasteiger partial charge in [-0.15, -0.1) is 0 Å². The van der Waals surface area contributed by atoms with E-state index >= 15 is 0 Å². The predicted molar refractivity (Wildman–Crippen MR) is 56.3 cm³/mol. The van der Waals surface area contributed by atoms with Crippen molar-refractivity contribution < 1.29 is 4.74 Å². The fourth-order valence-electron chi connectivity index (χ4n) is 1.55. The van der Waals surface area contributed by atoms with Gasteiger partial charge in [-0.25, -0.2) is 0 Å². The molecule has 1 rings (SSSR count). The second-order valence-corrected chi connectivity index (χ2v) is 5.12. The van der Waals surface area contributed by atoms with Gasteiger partial charge in [-0.2, -0.15) is 0 Å². The molecule has 0 N–H and O–H groups in total. The number of alkyl halides is 1. The molecule has 66 valence electrons. The lowest BCUT2D eigenvalue weighted by Gasteiger charge is -2.29. The maximum absolute atomic E-state index is 5.80. The average Bonchev–Trinajstić information content (AvgIpc) is 1.93. The molecule has 0 saturated heterocycles. The van der Waals surface area contributed by atoms with Crippen LogP contribution in [0.3, 0.4) is 0 Å². The van der Waals surface area contributed by atoms with E-state index in [0.29, 0.717) is 12.2 Å². The Morgan fingerprint density at radius 2 is 1.91 bits per heavy atom. The van der Waals surface area contributed by atoms with Crippen molar-refractivity contribution in [3.05, 3.63) is 0 Å². The summed E-state index contributed by atoms with van der Waals surface area (Å²) in [7, 11) is 0. The van der Waals surface area contributed by atoms with Crippen molar-refractivity contribution in [2.24, 2.45) is 0 Å². The van der Waals surface area contributed by atoms with Crippen LogP contribution in [0.2, 0.25) is 0 Å². The molecule has 0 radical (unpaired) electrons. The molecule has 1 saturated carbocycles. The fraction of sp³-hybridized carbons (Fsp3) is 1.00. The molecule has 2 heteroatoms. The van der Waals surface area contributed by atoms with Gasteiger partial charge in [0.25, 0.3) is 0 Å². The molecular weight excluding hydrogens is 251 g/mol. The normalized spacial score (nSPS) is 32.7. The van der Waals surface area contributed by atoms with Crippen LogP contribution in [-0.4, -0.2) is 16.1 Å². The number of ether oxygens (including phenoxy) is 1. The lowest BCUT2D eigenvalue weighted by atomic mass is 9.97. The minimum atomic E-state index is 0.398. The highest BCUT2D eigenvalue weighted by atomic mass is 127. The minimum Gasteiger partial charge on any atom is -0.374 e. The molecule has 1 fully saturated rings. The molecule has 1 aliphatic carbocycles. The molecule has 2 atom stereocenters. The summed E-state index contributed by atoms with van der Waals surface area (Å²) in [6.07, 6.45) is 6.30. The third-order valence-electron chi connectivity index (χ3n) is 2.07. The van der Waals surface area contributed by atoms with E-state index in [1.807, 2.05) is 0 Å². The van der Waals surface area contributed by atoms with E-state index in [4.69, 9.17) is 4.74 Å². The van der Waals surface area contributed by atoms with E-state index in [-0.39, 0.29) is 0 Å². The lowest BCUT2D eigenvalue weighted by molar-refractivity contribution is -0.00498. The topological polar surface area (TPSA) is 9.23 Å². The Hall–Kier alpha value is 0.690. The summed E-state index contributed by atoms with van der Waals surface area (Å²) >= 11 is 2.53. The zero-order valence-corrected chi connectivity index (χ0v) is 9.50. The van der Waals surface area contributed by atoms with Crippen LogP contribution in [0.4, 0.5) is 0 Å². The molecule has 0 amide bonds. The van der Waals surface area contributed by atoms with Gasteiger partial charge in [0, 0.05) is 3.92 Å². The van der Waals surface area contributed by atoms with Gasteiger partial charge in [-0.3, -0.25) is 0 Å². The Bertz CT molecular complexity index is 114. The molecule has 11 heavy (non-hydrogen) atoms. The van der Waals surface area contributed by atoms with Crippen molar-refractivity contribution in [3.63, 3.8) is 0 Å². The Labute approximate surface area is 83.0 Å². The Morgan fingerprint density at radius 1 is 1.27 bits per heavy atom. The Morgan fingerprint density at radius 3 is 2.45 bits per heavy atom. The first-order valence-corrected chi connectivity index (χ1v) is 5.74. The summed E-state index contributed by atoms with van der Waals surface area (Å²) < 4.78 is 6.55. The second kappa shape index (κ2) is 4.65. The smallest absolute Gasteiger partial charge is 0.0696 e. The summed E-state index contributed by atoms with van der Waals surface area (Å²) in [4.78, 5) is 0. The third-order valence-corrected chi connectivity index (χ3v) is 3.49. The quantitative estimate of drug-likeness (QED) is 0.552. The molecule has 0 aromatic rings. The van der Waals surface area contributed by atoms with E-state index in [1.54, 1.807) is 0 Å². The van der Waals surface area contributed by atoms with E-state index in [9.17, 15) is 0 Å². The molecule has 0 aromatic heterocycles. The zero-order chi connectivity index (χ0) is 8.27. The summed E-state index contributed by atoms with van der Waals surface area (Å²) in [6, 6.07) is 0. The first-order chi connectivity index (χ1) is 5.20. The van der Waals surface area contributed by atoms with Crippen molar-refractivity contribution >= 4 is 22.6 Å². The van der Waals surface area contributed by atoms with Crippen molar-refractivity contribution in [1.29, 1.82) is 0 Å². The van der Waals surface area contributed by atoms with E-state index in [2.05, 4.69) is 36.4 Å². The number of hydrogen-bond donors (Lipinski definition) is 0. The van der Waals surface area contributed by atoms with Gasteiger partial charge >= 0.3 is 0 Å². The molecule has 1 nitrogen and oxygen atoms in total. The van der Waals surface area contributed by atoms with Gasteiger partial charge in [-0.05, 0) is 26.7 Å². The number of hydrogen-bond acceptors (Lipinski definition) is 1. The summed E-state index contributed by atoms with van der Waals surface area (Å²) in [5, 5.41) is 0. The van der Waals surface area contributed by atoms with Gasteiger partial charge in [0.1, 0.15) is 0 Å². The average molecular weight is 268 g/mol. The highest BCUT2D eigenvalue weighted by molar-refractivity contribution is 14.1. The molecule has 0 spiro atoms. The summed E-state index contributed by atoms with van der Waals surface area (Å²) in [6.45, 7) is 4.25. The fourth-order valence-corrected chi connectivity index (χ4v) is 2.52. The highest BCUT2D eigenvalue weighted by Gasteiger charge is 2.23. The van der Waals surface area contributed by atoms with Gasteiger partial charge in [0.15, 0.2) is 0 Å². The zero-order valence-electron chi connectivity index (χ0n) is 7.35. The third kappa shape index (κ3) is 3.28. The van der Waals surface area contributed by atoms with Gasteiger partial charge < -0.3 is 4.74 Å². The molecule has 1 aliphatic rings. The lowest BCUT2D eigenvalue weighted by Crippen LogP contribution is -2.30. The van der Waals surface area contributed by atoms with E-state index in [1.165, 1.54) is 25.7 Å². The molecule has 0 aliphatic heterocycles. The van der Waals surface area contributed by atoms with Crippen LogP contribution in [0.15, 0.2) is 0 Å². The molecule has 0 heterocycles. The first-order valence-electron chi connectivity index (χ1n) is 4.49. The van der Waals surface area contributed by atoms with Gasteiger partial charge in [0.2, 0.25) is 0 Å². The van der Waals surface area contributed by atoms with Crippen LogP contribution in [0.25, 0.3) is 0 Å². The van der Waals surface area contributed by atoms with Gasteiger partial charge in [0.05, 0.1) is 12.2 Å². The Kier molecular flexibility index (Phi) is 4.13. The monoisotopic (exact) mass is 268 g/mol. The van der Waals surface area contributed by atoms with Crippen molar-refractivity contribution in [3.8, 4) is 0 Å². The van der Waals surface area contributed by atoms with Gasteiger partial charge in [-0.1, -0.05) is 35.4 Å². The van der Waals surface area contributed by atoms with E-state index in [0.717, 1.165) is 3.92 Å². The standard InChI is InChI=1S/C9H17IO/c1-7(2)11-9-6-4-3-5-8(9)10/h7-9H,3-6H2,1-2H3/t8-,9-/m0/s1. The molecule has 0 unspecified atom stereocenters. The predicted octanol–water partition coefficient (Wildman–Crippen LogP) is 3.16. The molecule has 0 bridgehead atoms. The summed E-state index contributed by atoms with van der Waals surface area (Å²) in [5.74, 6) is 0. The maximum Gasteiger partial charge on any atom is 0.0696 e. The van der Waals surface area contributed by atoms with Crippen LogP contribution < -0.4 is 0 Å². The second-order valence-electron chi connectivity index (χ2n) is 3.52. The number of rotatable bonds is 2. The van der Waals surface area contributed by atoms with Crippen LogP contribution >= 0.6 is 22.6 Å². The first kappa shape index (κ1) is 9.78. The van der Waals surface area contributed by atoms with Crippen LogP contribution in [0.1, 0.15) is 39.5 Å². The van der Waals surface area contributed by atoms with Crippen molar-refractivity contribution in [1.82, 2.24) is 0 Å². The van der Waals surface area contributed by atoms with Crippen LogP contribution in [-0.2, 0) is 4.74 Å². The minimum absolute atomic E-state index is 0.398. The largest absolute Gasteiger partial charge is 0.374 e. The van der Waals surface area contributed by atoms with Crippen molar-refractivity contribution in [2.45, 2.75) is 55.7 Å². The molecular formula is C9H17IO. The van der Waals surface area contributed by atoms with Crippen LogP contribution in [0.5, 0.6) is 0 Å². The SMILES string of the molecule is CC(C)O[C@H]1CCCC[C@@H]1I. The van der Waals surface area contributed by atoms with Crippen LogP contribution in [0, 0.1) is 0 Å². The number of halogens is 1. The maximum atomic E-state index is 5.80.